The van der Waals surface area contributed by atoms with Gasteiger partial charge in [-0.2, -0.15) is 0 Å². The minimum Gasteiger partial charge on any atom is -0.406 e. The molecule has 5 heteroatoms. The molecule has 160 valence electrons. The van der Waals surface area contributed by atoms with Gasteiger partial charge in [0.15, 0.2) is 0 Å². The normalized spacial score (nSPS) is 11.8. The lowest BCUT2D eigenvalue weighted by Crippen LogP contribution is -2.17. The maximum atomic E-state index is 11.9. The number of rotatable bonds is 7. The summed E-state index contributed by atoms with van der Waals surface area (Å²) in [7, 11) is 1.68. The van der Waals surface area contributed by atoms with Gasteiger partial charge in [0.1, 0.15) is 5.75 Å². The van der Waals surface area contributed by atoms with E-state index >= 15 is 0 Å². The second-order valence-electron chi connectivity index (χ2n) is 7.28. The zero-order valence-corrected chi connectivity index (χ0v) is 18.0. The van der Waals surface area contributed by atoms with Crippen LogP contribution in [-0.2, 0) is 12.8 Å². The minimum atomic E-state index is -4.64. The van der Waals surface area contributed by atoms with Crippen molar-refractivity contribution in [2.45, 2.75) is 65.7 Å². The van der Waals surface area contributed by atoms with Crippen molar-refractivity contribution in [2.24, 2.45) is 4.99 Å². The lowest BCUT2D eigenvalue weighted by Gasteiger charge is -2.11. The van der Waals surface area contributed by atoms with E-state index in [0.29, 0.717) is 12.3 Å². The first kappa shape index (κ1) is 24.7. The summed E-state index contributed by atoms with van der Waals surface area (Å²) in [5.74, 6) is 0.454. The smallest absolute Gasteiger partial charge is 0.406 e. The summed E-state index contributed by atoms with van der Waals surface area (Å²) in [5.41, 5.74) is 4.89. The molecule has 0 saturated heterocycles. The van der Waals surface area contributed by atoms with E-state index in [4.69, 9.17) is 0 Å². The average molecular weight is 408 g/mol. The van der Waals surface area contributed by atoms with Gasteiger partial charge in [-0.3, -0.25) is 4.99 Å². The van der Waals surface area contributed by atoms with E-state index in [1.165, 1.54) is 37.0 Å². The van der Waals surface area contributed by atoms with E-state index < -0.39 is 6.36 Å². The van der Waals surface area contributed by atoms with E-state index in [2.05, 4.69) is 54.8 Å². The number of aryl methyl sites for hydroxylation is 1. The highest BCUT2D eigenvalue weighted by Crippen LogP contribution is 2.23. The highest BCUT2D eigenvalue weighted by atomic mass is 19.4. The van der Waals surface area contributed by atoms with E-state index in [1.54, 1.807) is 24.7 Å². The first-order chi connectivity index (χ1) is 13.7. The van der Waals surface area contributed by atoms with Crippen LogP contribution in [0.1, 0.15) is 63.1 Å². The first-order valence-electron chi connectivity index (χ1n) is 10.0. The van der Waals surface area contributed by atoms with Crippen LogP contribution in [0.3, 0.4) is 0 Å². The molecule has 0 aliphatic rings. The van der Waals surface area contributed by atoms with Crippen LogP contribution in [-0.4, -0.2) is 19.1 Å². The summed E-state index contributed by atoms with van der Waals surface area (Å²) < 4.78 is 39.4. The Morgan fingerprint density at radius 2 is 1.66 bits per heavy atom. The van der Waals surface area contributed by atoms with E-state index in [-0.39, 0.29) is 5.75 Å². The van der Waals surface area contributed by atoms with Gasteiger partial charge in [0.25, 0.3) is 0 Å². The zero-order valence-electron chi connectivity index (χ0n) is 18.0. The molecule has 2 aromatic carbocycles. The van der Waals surface area contributed by atoms with Crippen molar-refractivity contribution in [3.63, 3.8) is 0 Å². The van der Waals surface area contributed by atoms with Gasteiger partial charge in [-0.25, -0.2) is 0 Å². The van der Waals surface area contributed by atoms with Crippen molar-refractivity contribution in [1.82, 2.24) is 0 Å². The lowest BCUT2D eigenvalue weighted by atomic mass is 9.94. The molecule has 0 heterocycles. The number of benzene rings is 2. The molecular formula is C24H32F3NO. The Kier molecular flexibility index (Phi) is 10.5. The number of nitrogens with zero attached hydrogens (tertiary/aromatic N) is 1. The van der Waals surface area contributed by atoms with Crippen LogP contribution in [0.4, 0.5) is 13.2 Å². The fourth-order valence-electron chi connectivity index (χ4n) is 2.88. The topological polar surface area (TPSA) is 21.6 Å². The third-order valence-electron chi connectivity index (χ3n) is 4.48. The third-order valence-corrected chi connectivity index (χ3v) is 4.48. The summed E-state index contributed by atoms with van der Waals surface area (Å²) in [6.07, 6.45) is -0.174. The van der Waals surface area contributed by atoms with Crippen LogP contribution in [0.2, 0.25) is 0 Å². The molecule has 0 aliphatic carbocycles. The van der Waals surface area contributed by atoms with E-state index in [1.807, 2.05) is 6.92 Å². The highest BCUT2D eigenvalue weighted by molar-refractivity contribution is 5.84. The summed E-state index contributed by atoms with van der Waals surface area (Å²) in [5, 5.41) is 0. The molecule has 2 aromatic rings. The van der Waals surface area contributed by atoms with Gasteiger partial charge >= 0.3 is 6.36 Å². The number of aliphatic imine (C=N–C) groups is 1. The van der Waals surface area contributed by atoms with Gasteiger partial charge in [-0.15, -0.1) is 13.2 Å². The number of hydrogen-bond acceptors (Lipinski definition) is 2. The zero-order chi connectivity index (χ0) is 21.9. The molecule has 0 spiro atoms. The van der Waals surface area contributed by atoms with E-state index in [9.17, 15) is 13.2 Å². The summed E-state index contributed by atoms with van der Waals surface area (Å²) in [4.78, 5) is 3.97. The Hall–Kier alpha value is -2.30. The van der Waals surface area contributed by atoms with Gasteiger partial charge in [-0.05, 0) is 54.5 Å². The maximum absolute atomic E-state index is 11.9. The van der Waals surface area contributed by atoms with Crippen molar-refractivity contribution in [1.29, 1.82) is 0 Å². The van der Waals surface area contributed by atoms with Gasteiger partial charge in [-0.1, -0.05) is 63.6 Å². The largest absolute Gasteiger partial charge is 0.573 e. The summed E-state index contributed by atoms with van der Waals surface area (Å²) >= 11 is 0. The Morgan fingerprint density at radius 3 is 2.17 bits per heavy atom. The van der Waals surface area contributed by atoms with Crippen LogP contribution in [0.25, 0.3) is 0 Å². The van der Waals surface area contributed by atoms with Crippen LogP contribution in [0.5, 0.6) is 5.75 Å². The van der Waals surface area contributed by atoms with Crippen LogP contribution < -0.4 is 4.74 Å². The number of alkyl halides is 3. The lowest BCUT2D eigenvalue weighted by molar-refractivity contribution is -0.274. The van der Waals surface area contributed by atoms with Gasteiger partial charge < -0.3 is 4.74 Å². The molecule has 0 bridgehead atoms. The molecule has 0 aromatic heterocycles. The molecule has 2 rings (SSSR count). The molecule has 2 nitrogen and oxygen atoms in total. The molecule has 0 amide bonds. The molecule has 0 N–H and O–H groups in total. The molecule has 0 atom stereocenters. The van der Waals surface area contributed by atoms with Crippen molar-refractivity contribution in [3.8, 4) is 5.75 Å². The molecule has 0 fully saturated rings. The number of unbranched alkanes of at least 4 members (excludes halogenated alkanes) is 1. The summed E-state index contributed by atoms with van der Waals surface area (Å²) in [6, 6.07) is 14.6. The van der Waals surface area contributed by atoms with Crippen molar-refractivity contribution >= 4 is 5.71 Å². The van der Waals surface area contributed by atoms with Crippen LogP contribution >= 0.6 is 0 Å². The first-order valence-corrected chi connectivity index (χ1v) is 10.0. The predicted octanol–water partition coefficient (Wildman–Crippen LogP) is 7.37. The number of halogens is 3. The van der Waals surface area contributed by atoms with Gasteiger partial charge in [0.2, 0.25) is 0 Å². The maximum Gasteiger partial charge on any atom is 0.573 e. The Bertz CT molecular complexity index is 749. The number of hydrogen-bond donors (Lipinski definition) is 0. The van der Waals surface area contributed by atoms with Crippen LogP contribution in [0, 0.1) is 0 Å². The molecule has 0 aliphatic heterocycles. The Balaban J connectivity index is 0.000000296. The van der Waals surface area contributed by atoms with Crippen molar-refractivity contribution < 1.29 is 17.9 Å². The molecule has 0 unspecified atom stereocenters. The molecule has 0 saturated carbocycles. The van der Waals surface area contributed by atoms with Crippen molar-refractivity contribution in [3.05, 3.63) is 65.2 Å². The van der Waals surface area contributed by atoms with E-state index in [0.717, 1.165) is 11.3 Å². The fraction of sp³-hybridized carbons (Fsp3) is 0.458. The highest BCUT2D eigenvalue weighted by Gasteiger charge is 2.30. The Labute approximate surface area is 172 Å². The minimum absolute atomic E-state index is 0.206. The molecule has 0 radical (unpaired) electrons. The third kappa shape index (κ3) is 10.2. The second kappa shape index (κ2) is 12.3. The second-order valence-corrected chi connectivity index (χ2v) is 7.28. The number of ether oxygens (including phenoxy) is 1. The van der Waals surface area contributed by atoms with Gasteiger partial charge in [0, 0.05) is 19.2 Å². The molecule has 29 heavy (non-hydrogen) atoms. The quantitative estimate of drug-likeness (QED) is 0.439. The van der Waals surface area contributed by atoms with Gasteiger partial charge in [0.05, 0.1) is 0 Å². The molecular weight excluding hydrogens is 375 g/mol. The monoisotopic (exact) mass is 407 g/mol. The fourth-order valence-corrected chi connectivity index (χ4v) is 2.88. The van der Waals surface area contributed by atoms with Crippen LogP contribution in [0.15, 0.2) is 53.5 Å². The standard InChI is InChI=1S/C13H20.C11H12F3NO/c1-4-5-8-12-9-6-7-10-13(12)11(2)3;1-8(15-2)7-9-3-5-10(6-4-9)16-11(12,13)14/h6-7,9-11H,4-5,8H2,1-3H3;3-6H,7H2,1-2H3. The average Bonchev–Trinajstić information content (AvgIpc) is 2.67. The predicted molar refractivity (Wildman–Crippen MR) is 115 cm³/mol. The SMILES string of the molecule is CCCCc1ccccc1C(C)C.CN=C(C)Cc1ccc(OC(F)(F)F)cc1. The summed E-state index contributed by atoms with van der Waals surface area (Å²) in [6.45, 7) is 8.65. The van der Waals surface area contributed by atoms with Crippen molar-refractivity contribution in [2.75, 3.05) is 7.05 Å². The Morgan fingerprint density at radius 1 is 1.03 bits per heavy atom.